The second-order valence-corrected chi connectivity index (χ2v) is 15.7. The normalized spacial score (nSPS) is 12.6. The molecule has 0 bridgehead atoms. The molecule has 276 valence electrons. The molecular formula is C55H46N2. The van der Waals surface area contributed by atoms with Crippen LogP contribution in [0.15, 0.2) is 194 Å². The summed E-state index contributed by atoms with van der Waals surface area (Å²) in [5.74, 6) is 0. The summed E-state index contributed by atoms with van der Waals surface area (Å²) in [5.41, 5.74) is 19.3. The van der Waals surface area contributed by atoms with Crippen LogP contribution in [0.4, 0.5) is 34.1 Å². The Bertz CT molecular complexity index is 2630. The molecule has 0 atom stereocenters. The molecule has 0 spiro atoms. The lowest BCUT2D eigenvalue weighted by Crippen LogP contribution is -2.17. The molecule has 0 fully saturated rings. The van der Waals surface area contributed by atoms with E-state index in [2.05, 4.69) is 244 Å². The molecular weight excluding hydrogens is 689 g/mol. The van der Waals surface area contributed by atoms with E-state index in [4.69, 9.17) is 0 Å². The van der Waals surface area contributed by atoms with Gasteiger partial charge in [-0.2, -0.15) is 0 Å². The first kappa shape index (κ1) is 35.8. The standard InChI is InChI=1S/C55H46N2/c1-39-34-40(2)36-50(35-39)57(48-29-25-44(26-30-48)43-14-8-5-9-15-43)49-31-33-52-51-32-24-42(37-53(51)55(3,4)54(52)38-49)21-20-41-22-27-47(28-23-41)56(45-16-10-6-11-17-45)46-18-12-7-13-19-46/h5-38H,1-4H3. The molecule has 0 heterocycles. The molecule has 1 aliphatic carbocycles. The monoisotopic (exact) mass is 734 g/mol. The van der Waals surface area contributed by atoms with E-state index in [1.165, 1.54) is 55.8 Å². The zero-order valence-electron chi connectivity index (χ0n) is 33.0. The van der Waals surface area contributed by atoms with Gasteiger partial charge in [0.25, 0.3) is 0 Å². The largest absolute Gasteiger partial charge is 0.311 e. The molecule has 0 saturated heterocycles. The van der Waals surface area contributed by atoms with Crippen molar-refractivity contribution in [3.8, 4) is 22.3 Å². The van der Waals surface area contributed by atoms with E-state index in [9.17, 15) is 0 Å². The third-order valence-electron chi connectivity index (χ3n) is 11.3. The van der Waals surface area contributed by atoms with Gasteiger partial charge in [-0.3, -0.25) is 0 Å². The summed E-state index contributed by atoms with van der Waals surface area (Å²) in [5, 5.41) is 0. The van der Waals surface area contributed by atoms with Gasteiger partial charge in [0.1, 0.15) is 0 Å². The molecule has 2 heteroatoms. The van der Waals surface area contributed by atoms with Crippen molar-refractivity contribution in [2.75, 3.05) is 9.80 Å². The van der Waals surface area contributed by atoms with Crippen molar-refractivity contribution in [1.82, 2.24) is 0 Å². The van der Waals surface area contributed by atoms with Gasteiger partial charge in [0.2, 0.25) is 0 Å². The molecule has 0 saturated carbocycles. The van der Waals surface area contributed by atoms with E-state index in [0.29, 0.717) is 0 Å². The summed E-state index contributed by atoms with van der Waals surface area (Å²) < 4.78 is 0. The number of hydrogen-bond donors (Lipinski definition) is 0. The van der Waals surface area contributed by atoms with Gasteiger partial charge in [-0.1, -0.05) is 147 Å². The van der Waals surface area contributed by atoms with Crippen molar-refractivity contribution in [2.24, 2.45) is 0 Å². The number of para-hydroxylation sites is 2. The molecule has 1 aliphatic rings. The van der Waals surface area contributed by atoms with Crippen LogP contribution in [-0.2, 0) is 5.41 Å². The van der Waals surface area contributed by atoms with Crippen molar-refractivity contribution in [2.45, 2.75) is 33.1 Å². The molecule has 8 aromatic rings. The summed E-state index contributed by atoms with van der Waals surface area (Å²) in [6.07, 6.45) is 4.46. The smallest absolute Gasteiger partial charge is 0.0466 e. The quantitative estimate of drug-likeness (QED) is 0.136. The lowest BCUT2D eigenvalue weighted by Gasteiger charge is -2.29. The average Bonchev–Trinajstić information content (AvgIpc) is 3.46. The first-order valence-electron chi connectivity index (χ1n) is 19.8. The Kier molecular flexibility index (Phi) is 9.40. The van der Waals surface area contributed by atoms with E-state index in [0.717, 1.165) is 34.0 Å². The molecule has 8 aromatic carbocycles. The molecule has 2 nitrogen and oxygen atoms in total. The Hall–Kier alpha value is -6.90. The average molecular weight is 735 g/mol. The van der Waals surface area contributed by atoms with Crippen LogP contribution in [0, 0.1) is 13.8 Å². The molecule has 0 N–H and O–H groups in total. The number of nitrogens with zero attached hydrogens (tertiary/aromatic N) is 2. The van der Waals surface area contributed by atoms with Gasteiger partial charge in [0, 0.05) is 39.5 Å². The van der Waals surface area contributed by atoms with Gasteiger partial charge in [-0.25, -0.2) is 0 Å². The van der Waals surface area contributed by atoms with Gasteiger partial charge in [0.15, 0.2) is 0 Å². The molecule has 0 amide bonds. The fourth-order valence-corrected chi connectivity index (χ4v) is 8.47. The van der Waals surface area contributed by atoms with E-state index < -0.39 is 0 Å². The zero-order chi connectivity index (χ0) is 38.9. The second-order valence-electron chi connectivity index (χ2n) is 15.7. The van der Waals surface area contributed by atoms with Gasteiger partial charge in [-0.05, 0) is 142 Å². The van der Waals surface area contributed by atoms with Crippen molar-refractivity contribution < 1.29 is 0 Å². The highest BCUT2D eigenvalue weighted by molar-refractivity contribution is 5.87. The lowest BCUT2D eigenvalue weighted by molar-refractivity contribution is 0.660. The Morgan fingerprint density at radius 2 is 0.772 bits per heavy atom. The third-order valence-corrected chi connectivity index (χ3v) is 11.3. The van der Waals surface area contributed by atoms with E-state index in [1.54, 1.807) is 0 Å². The highest BCUT2D eigenvalue weighted by Crippen LogP contribution is 2.51. The molecule has 0 radical (unpaired) electrons. The maximum Gasteiger partial charge on any atom is 0.0466 e. The molecule has 0 aliphatic heterocycles. The van der Waals surface area contributed by atoms with Crippen LogP contribution in [0.1, 0.15) is 47.2 Å². The van der Waals surface area contributed by atoms with Crippen LogP contribution in [0.5, 0.6) is 0 Å². The number of hydrogen-bond acceptors (Lipinski definition) is 2. The Labute approximate surface area is 337 Å². The maximum atomic E-state index is 2.42. The summed E-state index contributed by atoms with van der Waals surface area (Å²) in [6.45, 7) is 9.10. The third kappa shape index (κ3) is 7.07. The fourth-order valence-electron chi connectivity index (χ4n) is 8.47. The molecule has 9 rings (SSSR count). The molecule has 57 heavy (non-hydrogen) atoms. The van der Waals surface area contributed by atoms with Crippen LogP contribution in [0.25, 0.3) is 34.4 Å². The minimum Gasteiger partial charge on any atom is -0.311 e. The lowest BCUT2D eigenvalue weighted by atomic mass is 9.81. The first-order valence-corrected chi connectivity index (χ1v) is 19.8. The summed E-state index contributed by atoms with van der Waals surface area (Å²) in [7, 11) is 0. The van der Waals surface area contributed by atoms with Crippen LogP contribution in [-0.4, -0.2) is 0 Å². The van der Waals surface area contributed by atoms with E-state index in [-0.39, 0.29) is 5.41 Å². The number of benzene rings is 8. The Morgan fingerprint density at radius 3 is 1.37 bits per heavy atom. The van der Waals surface area contributed by atoms with Gasteiger partial charge >= 0.3 is 0 Å². The minimum absolute atomic E-state index is 0.171. The predicted molar refractivity (Wildman–Crippen MR) is 244 cm³/mol. The summed E-state index contributed by atoms with van der Waals surface area (Å²) in [6, 6.07) is 70.3. The number of aryl methyl sites for hydroxylation is 2. The maximum absolute atomic E-state index is 2.42. The fraction of sp³-hybridized carbons (Fsp3) is 0.0909. The zero-order valence-corrected chi connectivity index (χ0v) is 33.0. The van der Waals surface area contributed by atoms with Gasteiger partial charge in [-0.15, -0.1) is 0 Å². The highest BCUT2D eigenvalue weighted by Gasteiger charge is 2.36. The van der Waals surface area contributed by atoms with Crippen molar-refractivity contribution in [1.29, 1.82) is 0 Å². The summed E-state index contributed by atoms with van der Waals surface area (Å²) in [4.78, 5) is 4.70. The van der Waals surface area contributed by atoms with Crippen LogP contribution in [0.2, 0.25) is 0 Å². The minimum atomic E-state index is -0.171. The SMILES string of the molecule is Cc1cc(C)cc(N(c2ccc(-c3ccccc3)cc2)c2ccc3c(c2)C(C)(C)c2cc(C=Cc4ccc(N(c5ccccc5)c5ccccc5)cc4)ccc2-3)c1. The van der Waals surface area contributed by atoms with Crippen molar-refractivity contribution in [3.63, 3.8) is 0 Å². The van der Waals surface area contributed by atoms with Crippen molar-refractivity contribution >= 4 is 46.3 Å². The first-order chi connectivity index (χ1) is 27.8. The van der Waals surface area contributed by atoms with E-state index >= 15 is 0 Å². The summed E-state index contributed by atoms with van der Waals surface area (Å²) >= 11 is 0. The topological polar surface area (TPSA) is 6.48 Å². The van der Waals surface area contributed by atoms with Gasteiger partial charge < -0.3 is 9.80 Å². The van der Waals surface area contributed by atoms with Crippen LogP contribution < -0.4 is 9.80 Å². The van der Waals surface area contributed by atoms with Crippen LogP contribution in [0.3, 0.4) is 0 Å². The van der Waals surface area contributed by atoms with E-state index in [1.807, 2.05) is 0 Å². The van der Waals surface area contributed by atoms with Gasteiger partial charge in [0.05, 0.1) is 0 Å². The molecule has 0 aromatic heterocycles. The number of fused-ring (bicyclic) bond motifs is 3. The number of rotatable bonds is 9. The van der Waals surface area contributed by atoms with Crippen LogP contribution >= 0.6 is 0 Å². The predicted octanol–water partition coefficient (Wildman–Crippen LogP) is 15.4. The molecule has 0 unspecified atom stereocenters. The Balaban J connectivity index is 1.01. The highest BCUT2D eigenvalue weighted by atomic mass is 15.1. The van der Waals surface area contributed by atoms with Crippen molar-refractivity contribution in [3.05, 3.63) is 228 Å². The number of anilines is 6. The second kappa shape index (κ2) is 15.0. The Morgan fingerprint density at radius 1 is 0.351 bits per heavy atom.